The van der Waals surface area contributed by atoms with E-state index in [-0.39, 0.29) is 5.82 Å². The lowest BCUT2D eigenvalue weighted by Crippen LogP contribution is -2.39. The van der Waals surface area contributed by atoms with Crippen molar-refractivity contribution in [1.82, 2.24) is 5.32 Å². The number of amides is 1. The molecule has 2 fully saturated rings. The minimum Gasteiger partial charge on any atom is -0.449 e. The summed E-state index contributed by atoms with van der Waals surface area (Å²) in [5, 5.41) is 6.36. The van der Waals surface area contributed by atoms with Crippen LogP contribution in [0.5, 0.6) is 0 Å². The van der Waals surface area contributed by atoms with Crippen LogP contribution in [0.3, 0.4) is 0 Å². The molecule has 5 heteroatoms. The highest BCUT2D eigenvalue weighted by molar-refractivity contribution is 5.91. The molecule has 0 aliphatic carbocycles. The number of rotatable bonds is 4. The second-order valence-corrected chi connectivity index (χ2v) is 7.22. The summed E-state index contributed by atoms with van der Waals surface area (Å²) < 4.78 is 19.6. The van der Waals surface area contributed by atoms with Gasteiger partial charge in [-0.1, -0.05) is 36.4 Å². The molecule has 2 atom stereocenters. The normalized spacial score (nSPS) is 24.3. The highest BCUT2D eigenvalue weighted by Gasteiger charge is 2.33. The minimum atomic E-state index is -0.486. The fourth-order valence-corrected chi connectivity index (χ4v) is 4.16. The number of carbonyl (C=O) groups is 1. The maximum Gasteiger partial charge on any atom is 0.411 e. The van der Waals surface area contributed by atoms with Gasteiger partial charge >= 0.3 is 6.09 Å². The molecule has 2 saturated heterocycles. The summed E-state index contributed by atoms with van der Waals surface area (Å²) in [6.07, 6.45) is 4.09. The van der Waals surface area contributed by atoms with Crippen LogP contribution in [0.1, 0.15) is 25.7 Å². The van der Waals surface area contributed by atoms with E-state index in [9.17, 15) is 9.18 Å². The van der Waals surface area contributed by atoms with Crippen molar-refractivity contribution in [2.24, 2.45) is 5.92 Å². The molecular formula is C21H23FN2O2. The first-order chi connectivity index (χ1) is 12.7. The molecule has 2 aromatic rings. The van der Waals surface area contributed by atoms with Crippen molar-refractivity contribution in [3.8, 4) is 11.1 Å². The van der Waals surface area contributed by atoms with E-state index in [1.807, 2.05) is 12.1 Å². The zero-order valence-electron chi connectivity index (χ0n) is 14.6. The molecule has 2 unspecified atom stereocenters. The molecule has 136 valence electrons. The Morgan fingerprint density at radius 2 is 1.69 bits per heavy atom. The zero-order chi connectivity index (χ0) is 17.9. The third-order valence-electron chi connectivity index (χ3n) is 5.35. The molecule has 0 saturated carbocycles. The topological polar surface area (TPSA) is 50.4 Å². The van der Waals surface area contributed by atoms with Gasteiger partial charge in [0.25, 0.3) is 0 Å². The van der Waals surface area contributed by atoms with Crippen molar-refractivity contribution in [2.45, 2.75) is 37.8 Å². The highest BCUT2D eigenvalue weighted by Crippen LogP contribution is 2.32. The molecule has 26 heavy (non-hydrogen) atoms. The van der Waals surface area contributed by atoms with E-state index in [1.54, 1.807) is 30.3 Å². The first-order valence-electron chi connectivity index (χ1n) is 9.23. The molecule has 4 rings (SSSR count). The summed E-state index contributed by atoms with van der Waals surface area (Å²) in [5.74, 6) is 0.0987. The second-order valence-electron chi connectivity index (χ2n) is 7.22. The van der Waals surface area contributed by atoms with E-state index in [1.165, 1.54) is 18.9 Å². The van der Waals surface area contributed by atoms with Crippen molar-refractivity contribution in [3.05, 3.63) is 54.3 Å². The van der Waals surface area contributed by atoms with Crippen LogP contribution in [0.4, 0.5) is 14.9 Å². The van der Waals surface area contributed by atoms with E-state index >= 15 is 0 Å². The number of hydrogen-bond donors (Lipinski definition) is 2. The van der Waals surface area contributed by atoms with Crippen LogP contribution in [0.2, 0.25) is 0 Å². The number of halogens is 1. The number of piperidine rings is 1. The second kappa shape index (κ2) is 7.46. The van der Waals surface area contributed by atoms with E-state index < -0.39 is 6.09 Å². The lowest BCUT2D eigenvalue weighted by Gasteiger charge is -2.28. The molecule has 4 nitrogen and oxygen atoms in total. The number of anilines is 1. The number of carbonyl (C=O) groups excluding carboxylic acids is 1. The Kier molecular flexibility index (Phi) is 4.89. The van der Waals surface area contributed by atoms with Crippen LogP contribution >= 0.6 is 0 Å². The molecule has 1 amide bonds. The van der Waals surface area contributed by atoms with Gasteiger partial charge in [0.2, 0.25) is 0 Å². The van der Waals surface area contributed by atoms with Crippen molar-refractivity contribution >= 4 is 11.8 Å². The largest absolute Gasteiger partial charge is 0.449 e. The van der Waals surface area contributed by atoms with E-state index in [4.69, 9.17) is 4.74 Å². The number of para-hydroxylation sites is 1. The Balaban J connectivity index is 1.40. The Bertz CT molecular complexity index is 783. The van der Waals surface area contributed by atoms with Crippen LogP contribution in [0, 0.1) is 11.7 Å². The smallest absolute Gasteiger partial charge is 0.411 e. The molecule has 0 radical (unpaired) electrons. The molecule has 2 N–H and O–H groups in total. The number of hydrogen-bond acceptors (Lipinski definition) is 3. The Labute approximate surface area is 152 Å². The Morgan fingerprint density at radius 3 is 2.42 bits per heavy atom. The van der Waals surface area contributed by atoms with Gasteiger partial charge in [-0.05, 0) is 43.7 Å². The summed E-state index contributed by atoms with van der Waals surface area (Å²) in [5.41, 5.74) is 1.65. The third kappa shape index (κ3) is 3.73. The molecule has 2 aliphatic rings. The number of benzene rings is 2. The van der Waals surface area contributed by atoms with Gasteiger partial charge < -0.3 is 10.1 Å². The predicted octanol–water partition coefficient (Wildman–Crippen LogP) is 4.57. The van der Waals surface area contributed by atoms with Crippen molar-refractivity contribution in [3.63, 3.8) is 0 Å². The third-order valence-corrected chi connectivity index (χ3v) is 5.35. The minimum absolute atomic E-state index is 0.319. The summed E-state index contributed by atoms with van der Waals surface area (Å²) in [7, 11) is 0. The van der Waals surface area contributed by atoms with Crippen LogP contribution in [-0.2, 0) is 4.74 Å². The van der Waals surface area contributed by atoms with Crippen molar-refractivity contribution in [2.75, 3.05) is 11.9 Å². The van der Waals surface area contributed by atoms with Gasteiger partial charge in [0, 0.05) is 23.2 Å². The Morgan fingerprint density at radius 1 is 1.04 bits per heavy atom. The Hall–Kier alpha value is -2.40. The average molecular weight is 354 g/mol. The van der Waals surface area contributed by atoms with Gasteiger partial charge in [0.1, 0.15) is 5.82 Å². The lowest BCUT2D eigenvalue weighted by atomic mass is 9.93. The lowest BCUT2D eigenvalue weighted by molar-refractivity contribution is 0.122. The van der Waals surface area contributed by atoms with Crippen LogP contribution in [0.25, 0.3) is 11.1 Å². The van der Waals surface area contributed by atoms with Crippen molar-refractivity contribution < 1.29 is 13.9 Å². The summed E-state index contributed by atoms with van der Waals surface area (Å²) >= 11 is 0. The van der Waals surface area contributed by atoms with Crippen LogP contribution in [0.15, 0.2) is 48.5 Å². The zero-order valence-corrected chi connectivity index (χ0v) is 14.6. The first-order valence-corrected chi connectivity index (χ1v) is 9.23. The number of nitrogens with one attached hydrogen (secondary N) is 2. The summed E-state index contributed by atoms with van der Waals surface area (Å²) in [6.45, 7) is 0.433. The molecule has 2 aromatic carbocycles. The highest BCUT2D eigenvalue weighted by atomic mass is 19.1. The molecule has 0 aromatic heterocycles. The quantitative estimate of drug-likeness (QED) is 0.845. The van der Waals surface area contributed by atoms with E-state index in [0.29, 0.717) is 41.4 Å². The standard InChI is InChI=1S/C21H23FN2O2/c22-19-7-3-1-5-17(19)18-6-2-4-8-20(18)24-21(25)26-13-14-11-15-9-10-16(12-14)23-15/h1-8,14-16,23H,9-13H2,(H,24,25). The van der Waals surface area contributed by atoms with Gasteiger partial charge in [-0.15, -0.1) is 0 Å². The SMILES string of the molecule is O=C(Nc1ccccc1-c1ccccc1F)OCC1CC2CCC(C1)N2. The maximum absolute atomic E-state index is 14.1. The molecule has 2 bridgehead atoms. The maximum atomic E-state index is 14.1. The van der Waals surface area contributed by atoms with E-state index in [0.717, 1.165) is 12.8 Å². The molecule has 0 spiro atoms. The molecule has 2 heterocycles. The summed E-state index contributed by atoms with van der Waals surface area (Å²) in [6, 6.07) is 14.9. The fourth-order valence-electron chi connectivity index (χ4n) is 4.16. The van der Waals surface area contributed by atoms with Gasteiger partial charge in [0.15, 0.2) is 0 Å². The monoisotopic (exact) mass is 354 g/mol. The predicted molar refractivity (Wildman–Crippen MR) is 99.5 cm³/mol. The van der Waals surface area contributed by atoms with E-state index in [2.05, 4.69) is 10.6 Å². The van der Waals surface area contributed by atoms with Gasteiger partial charge in [-0.25, -0.2) is 9.18 Å². The average Bonchev–Trinajstić information content (AvgIpc) is 2.99. The number of fused-ring (bicyclic) bond motifs is 2. The fraction of sp³-hybridized carbons (Fsp3) is 0.381. The van der Waals surface area contributed by atoms with Crippen LogP contribution < -0.4 is 10.6 Å². The number of ether oxygens (including phenoxy) is 1. The van der Waals surface area contributed by atoms with Gasteiger partial charge in [-0.3, -0.25) is 5.32 Å². The first kappa shape index (κ1) is 17.0. The van der Waals surface area contributed by atoms with Crippen molar-refractivity contribution in [1.29, 1.82) is 0 Å². The van der Waals surface area contributed by atoms with Gasteiger partial charge in [0.05, 0.1) is 12.3 Å². The molecular weight excluding hydrogens is 331 g/mol. The van der Waals surface area contributed by atoms with Crippen LogP contribution in [-0.4, -0.2) is 24.8 Å². The van der Waals surface area contributed by atoms with Gasteiger partial charge in [-0.2, -0.15) is 0 Å². The molecule has 2 aliphatic heterocycles. The summed E-state index contributed by atoms with van der Waals surface area (Å²) in [4.78, 5) is 12.3.